The van der Waals surface area contributed by atoms with E-state index in [0.717, 1.165) is 44.5 Å². The van der Waals surface area contributed by atoms with Crippen LogP contribution in [-0.2, 0) is 9.53 Å². The number of rotatable bonds is 7. The van der Waals surface area contributed by atoms with Gasteiger partial charge in [0.2, 0.25) is 5.91 Å². The van der Waals surface area contributed by atoms with Crippen LogP contribution in [0.2, 0.25) is 0 Å². The molecule has 1 amide bonds. The van der Waals surface area contributed by atoms with Gasteiger partial charge >= 0.3 is 0 Å². The number of aryl methyl sites for hydroxylation is 1. The summed E-state index contributed by atoms with van der Waals surface area (Å²) < 4.78 is 5.58. The summed E-state index contributed by atoms with van der Waals surface area (Å²) in [6.07, 6.45) is 0.475. The molecule has 0 radical (unpaired) electrons. The van der Waals surface area contributed by atoms with Gasteiger partial charge in [-0.3, -0.25) is 14.7 Å². The average molecular weight is 450 g/mol. The molecule has 4 rings (SSSR count). The van der Waals surface area contributed by atoms with Gasteiger partial charge in [-0.15, -0.1) is 0 Å². The van der Waals surface area contributed by atoms with Gasteiger partial charge in [0.25, 0.3) is 0 Å². The molecule has 0 saturated carbocycles. The molecule has 3 N–H and O–H groups in total. The number of guanidine groups is 1. The van der Waals surface area contributed by atoms with Crippen LogP contribution in [0.5, 0.6) is 0 Å². The van der Waals surface area contributed by atoms with Crippen molar-refractivity contribution in [2.45, 2.75) is 32.2 Å². The molecule has 0 bridgehead atoms. The number of amides is 1. The lowest BCUT2D eigenvalue weighted by molar-refractivity contribution is -0.116. The monoisotopic (exact) mass is 449 g/mol. The summed E-state index contributed by atoms with van der Waals surface area (Å²) in [6.45, 7) is 9.62. The zero-order chi connectivity index (χ0) is 23.0. The summed E-state index contributed by atoms with van der Waals surface area (Å²) in [5.74, 6) is 0.965. The van der Waals surface area contributed by atoms with Crippen molar-refractivity contribution < 1.29 is 9.53 Å². The Morgan fingerprint density at radius 2 is 2.00 bits per heavy atom. The number of morpholine rings is 1. The number of anilines is 1. The van der Waals surface area contributed by atoms with Gasteiger partial charge in [0, 0.05) is 44.2 Å². The molecule has 2 unspecified atom stereocenters. The largest absolute Gasteiger partial charge is 0.379 e. The van der Waals surface area contributed by atoms with Gasteiger partial charge in [-0.2, -0.15) is 0 Å². The van der Waals surface area contributed by atoms with Crippen LogP contribution in [0.15, 0.2) is 53.5 Å². The highest BCUT2D eigenvalue weighted by Gasteiger charge is 2.25. The van der Waals surface area contributed by atoms with E-state index < -0.39 is 0 Å². The second-order valence-corrected chi connectivity index (χ2v) is 8.72. The van der Waals surface area contributed by atoms with Crippen molar-refractivity contribution in [1.82, 2.24) is 15.5 Å². The van der Waals surface area contributed by atoms with Gasteiger partial charge in [-0.05, 0) is 31.0 Å². The minimum absolute atomic E-state index is 0.0641. The standard InChI is InChI=1S/C26H35N5O2/c1-3-27-26(28-17-21-16-25(32)30-23-10-5-4-9-22(21)23)29-18-24(31-11-13-33-14-12-31)20-8-6-7-19(2)15-20/h4-10,15,21,24H,3,11-14,16-18H2,1-2H3,(H,30,32)(H2,27,28,29). The molecule has 2 aliphatic heterocycles. The van der Waals surface area contributed by atoms with E-state index in [1.807, 2.05) is 18.2 Å². The van der Waals surface area contributed by atoms with E-state index in [0.29, 0.717) is 19.5 Å². The highest BCUT2D eigenvalue weighted by atomic mass is 16.5. The summed E-state index contributed by atoms with van der Waals surface area (Å²) in [5.41, 5.74) is 4.63. The van der Waals surface area contributed by atoms with Gasteiger partial charge in [0.05, 0.1) is 25.8 Å². The van der Waals surface area contributed by atoms with Crippen LogP contribution in [0.25, 0.3) is 0 Å². The fraction of sp³-hybridized carbons (Fsp3) is 0.462. The second kappa shape index (κ2) is 11.3. The van der Waals surface area contributed by atoms with Crippen LogP contribution in [0.1, 0.15) is 42.0 Å². The molecule has 176 valence electrons. The third-order valence-corrected chi connectivity index (χ3v) is 6.30. The maximum Gasteiger partial charge on any atom is 0.225 e. The number of hydrogen-bond donors (Lipinski definition) is 3. The first-order valence-corrected chi connectivity index (χ1v) is 11.9. The van der Waals surface area contributed by atoms with E-state index in [1.54, 1.807) is 0 Å². The minimum atomic E-state index is 0.0641. The number of carbonyl (C=O) groups excluding carboxylic acids is 1. The Hall–Kier alpha value is -2.90. The van der Waals surface area contributed by atoms with E-state index in [-0.39, 0.29) is 17.9 Å². The van der Waals surface area contributed by atoms with Crippen molar-refractivity contribution in [3.8, 4) is 0 Å². The third-order valence-electron chi connectivity index (χ3n) is 6.30. The minimum Gasteiger partial charge on any atom is -0.379 e. The van der Waals surface area contributed by atoms with E-state index in [4.69, 9.17) is 9.73 Å². The average Bonchev–Trinajstić information content (AvgIpc) is 2.83. The van der Waals surface area contributed by atoms with E-state index in [9.17, 15) is 4.79 Å². The molecule has 1 saturated heterocycles. The molecule has 33 heavy (non-hydrogen) atoms. The van der Waals surface area contributed by atoms with Gasteiger partial charge < -0.3 is 20.7 Å². The molecule has 2 aliphatic rings. The summed E-state index contributed by atoms with van der Waals surface area (Å²) in [6, 6.07) is 16.9. The molecule has 2 atom stereocenters. The highest BCUT2D eigenvalue weighted by molar-refractivity contribution is 5.94. The van der Waals surface area contributed by atoms with Crippen molar-refractivity contribution in [3.63, 3.8) is 0 Å². The zero-order valence-electron chi connectivity index (χ0n) is 19.6. The number of hydrogen-bond acceptors (Lipinski definition) is 4. The Morgan fingerprint density at radius 3 is 2.79 bits per heavy atom. The molecular formula is C26H35N5O2. The molecule has 2 aromatic rings. The van der Waals surface area contributed by atoms with E-state index >= 15 is 0 Å². The lowest BCUT2D eigenvalue weighted by Crippen LogP contribution is -2.43. The Kier molecular flexibility index (Phi) is 7.96. The maximum atomic E-state index is 12.2. The number of ether oxygens (including phenoxy) is 1. The summed E-state index contributed by atoms with van der Waals surface area (Å²) in [7, 11) is 0. The first kappa shape index (κ1) is 23.3. The van der Waals surface area contributed by atoms with Crippen LogP contribution in [-0.4, -0.2) is 62.7 Å². The SMILES string of the molecule is CCNC(=NCC(c1cccc(C)c1)N1CCOCC1)NCC1CC(=O)Nc2ccccc21. The lowest BCUT2D eigenvalue weighted by atomic mass is 9.90. The number of nitrogens with zero attached hydrogens (tertiary/aromatic N) is 2. The zero-order valence-corrected chi connectivity index (χ0v) is 19.6. The molecule has 0 aromatic heterocycles. The number of benzene rings is 2. The van der Waals surface area contributed by atoms with E-state index in [1.165, 1.54) is 16.7 Å². The molecule has 7 heteroatoms. The van der Waals surface area contributed by atoms with Gasteiger partial charge in [0.15, 0.2) is 5.96 Å². The second-order valence-electron chi connectivity index (χ2n) is 8.72. The normalized spacial score (nSPS) is 20.0. The Balaban J connectivity index is 1.48. The maximum absolute atomic E-state index is 12.2. The molecule has 2 heterocycles. The summed E-state index contributed by atoms with van der Waals surface area (Å²) in [4.78, 5) is 19.6. The van der Waals surface area contributed by atoms with Crippen molar-refractivity contribution in [3.05, 3.63) is 65.2 Å². The number of carbonyl (C=O) groups is 1. The molecule has 1 fully saturated rings. The quantitative estimate of drug-likeness (QED) is 0.447. The molecular weight excluding hydrogens is 414 g/mol. The third kappa shape index (κ3) is 6.12. The predicted octanol–water partition coefficient (Wildman–Crippen LogP) is 3.05. The molecule has 0 spiro atoms. The number of aliphatic imine (C=N–C) groups is 1. The molecule has 7 nitrogen and oxygen atoms in total. The van der Waals surface area contributed by atoms with Crippen LogP contribution >= 0.6 is 0 Å². The number of para-hydroxylation sites is 1. The Bertz CT molecular complexity index is 971. The highest BCUT2D eigenvalue weighted by Crippen LogP contribution is 2.31. The fourth-order valence-corrected chi connectivity index (χ4v) is 4.62. The smallest absolute Gasteiger partial charge is 0.225 e. The van der Waals surface area contributed by atoms with Gasteiger partial charge in [-0.1, -0.05) is 48.0 Å². The van der Waals surface area contributed by atoms with Crippen molar-refractivity contribution >= 4 is 17.6 Å². The Labute approximate surface area is 196 Å². The van der Waals surface area contributed by atoms with Crippen LogP contribution < -0.4 is 16.0 Å². The first-order valence-electron chi connectivity index (χ1n) is 11.9. The lowest BCUT2D eigenvalue weighted by Gasteiger charge is -2.34. The van der Waals surface area contributed by atoms with Crippen molar-refractivity contribution in [2.75, 3.05) is 51.3 Å². The van der Waals surface area contributed by atoms with Crippen LogP contribution in [0, 0.1) is 6.92 Å². The van der Waals surface area contributed by atoms with Gasteiger partial charge in [-0.25, -0.2) is 0 Å². The molecule has 2 aromatic carbocycles. The fourth-order valence-electron chi connectivity index (χ4n) is 4.62. The number of fused-ring (bicyclic) bond motifs is 1. The van der Waals surface area contributed by atoms with Crippen molar-refractivity contribution in [1.29, 1.82) is 0 Å². The summed E-state index contributed by atoms with van der Waals surface area (Å²) >= 11 is 0. The van der Waals surface area contributed by atoms with E-state index in [2.05, 4.69) is 65.0 Å². The topological polar surface area (TPSA) is 78.0 Å². The van der Waals surface area contributed by atoms with Gasteiger partial charge in [0.1, 0.15) is 0 Å². The first-order chi connectivity index (χ1) is 16.1. The van der Waals surface area contributed by atoms with Crippen LogP contribution in [0.4, 0.5) is 5.69 Å². The van der Waals surface area contributed by atoms with Crippen LogP contribution in [0.3, 0.4) is 0 Å². The Morgan fingerprint density at radius 1 is 1.18 bits per heavy atom. The predicted molar refractivity (Wildman–Crippen MR) is 133 cm³/mol. The summed E-state index contributed by atoms with van der Waals surface area (Å²) in [5, 5.41) is 9.84. The van der Waals surface area contributed by atoms with Crippen molar-refractivity contribution in [2.24, 2.45) is 4.99 Å². The number of nitrogens with one attached hydrogen (secondary N) is 3. The molecule has 0 aliphatic carbocycles.